The SMILES string of the molecule is Cc1cc(N)ccc1CCn1cccc1C(N)=O. The Labute approximate surface area is 106 Å². The Morgan fingerprint density at radius 1 is 1.33 bits per heavy atom. The van der Waals surface area contributed by atoms with Crippen LogP contribution in [0.4, 0.5) is 5.69 Å². The van der Waals surface area contributed by atoms with E-state index in [0.29, 0.717) is 5.69 Å². The van der Waals surface area contributed by atoms with Gasteiger partial charge in [-0.15, -0.1) is 0 Å². The number of carbonyl (C=O) groups excluding carboxylic acids is 1. The van der Waals surface area contributed by atoms with Crippen molar-refractivity contribution in [2.45, 2.75) is 19.9 Å². The molecular formula is C14H17N3O. The zero-order valence-electron chi connectivity index (χ0n) is 10.4. The van der Waals surface area contributed by atoms with Crippen LogP contribution < -0.4 is 11.5 Å². The largest absolute Gasteiger partial charge is 0.399 e. The van der Waals surface area contributed by atoms with Gasteiger partial charge in [-0.25, -0.2) is 0 Å². The number of carbonyl (C=O) groups is 1. The molecule has 4 heteroatoms. The van der Waals surface area contributed by atoms with Crippen LogP contribution in [0.5, 0.6) is 0 Å². The smallest absolute Gasteiger partial charge is 0.265 e. The number of primary amides is 1. The normalized spacial score (nSPS) is 10.5. The van der Waals surface area contributed by atoms with Crippen LogP contribution in [0.3, 0.4) is 0 Å². The van der Waals surface area contributed by atoms with Gasteiger partial charge in [-0.05, 0) is 48.7 Å². The molecule has 0 aliphatic rings. The topological polar surface area (TPSA) is 74.0 Å². The molecule has 2 rings (SSSR count). The molecular weight excluding hydrogens is 226 g/mol. The van der Waals surface area contributed by atoms with E-state index in [1.165, 1.54) is 11.1 Å². The summed E-state index contributed by atoms with van der Waals surface area (Å²) in [7, 11) is 0. The van der Waals surface area contributed by atoms with Crippen LogP contribution in [0.2, 0.25) is 0 Å². The molecule has 1 heterocycles. The van der Waals surface area contributed by atoms with Crippen molar-refractivity contribution in [2.24, 2.45) is 5.73 Å². The van der Waals surface area contributed by atoms with Crippen LogP contribution in [-0.4, -0.2) is 10.5 Å². The first kappa shape index (κ1) is 12.2. The van der Waals surface area contributed by atoms with E-state index < -0.39 is 5.91 Å². The number of aromatic nitrogens is 1. The van der Waals surface area contributed by atoms with Crippen LogP contribution in [0.15, 0.2) is 36.5 Å². The predicted octanol–water partition coefficient (Wildman–Crippen LogP) is 1.72. The maximum atomic E-state index is 11.2. The number of hydrogen-bond acceptors (Lipinski definition) is 2. The first-order chi connectivity index (χ1) is 8.58. The standard InChI is InChI=1S/C14H17N3O/c1-10-9-12(15)5-4-11(10)6-8-17-7-2-3-13(17)14(16)18/h2-5,7,9H,6,8,15H2,1H3,(H2,16,18). The Balaban J connectivity index is 2.11. The van der Waals surface area contributed by atoms with Crippen molar-refractivity contribution in [3.63, 3.8) is 0 Å². The van der Waals surface area contributed by atoms with Crippen LogP contribution in [0.1, 0.15) is 21.6 Å². The maximum absolute atomic E-state index is 11.2. The zero-order chi connectivity index (χ0) is 13.1. The molecule has 1 aromatic heterocycles. The second-order valence-corrected chi connectivity index (χ2v) is 4.39. The first-order valence-corrected chi connectivity index (χ1v) is 5.88. The molecule has 94 valence electrons. The summed E-state index contributed by atoms with van der Waals surface area (Å²) in [6, 6.07) is 9.44. The van der Waals surface area contributed by atoms with E-state index in [0.717, 1.165) is 18.7 Å². The summed E-state index contributed by atoms with van der Waals surface area (Å²) in [6.45, 7) is 2.77. The highest BCUT2D eigenvalue weighted by Gasteiger charge is 2.07. The van der Waals surface area contributed by atoms with E-state index >= 15 is 0 Å². The number of nitrogens with two attached hydrogens (primary N) is 2. The molecule has 0 aliphatic carbocycles. The van der Waals surface area contributed by atoms with Gasteiger partial charge in [-0.1, -0.05) is 6.07 Å². The Hall–Kier alpha value is -2.23. The lowest BCUT2D eigenvalue weighted by atomic mass is 10.1. The van der Waals surface area contributed by atoms with Gasteiger partial charge in [0.1, 0.15) is 5.69 Å². The van der Waals surface area contributed by atoms with Crippen LogP contribution in [0.25, 0.3) is 0 Å². The van der Waals surface area contributed by atoms with Gasteiger partial charge in [0, 0.05) is 18.4 Å². The van der Waals surface area contributed by atoms with Gasteiger partial charge in [0.2, 0.25) is 0 Å². The number of hydrogen-bond donors (Lipinski definition) is 2. The molecule has 18 heavy (non-hydrogen) atoms. The van der Waals surface area contributed by atoms with Crippen LogP contribution >= 0.6 is 0 Å². The van der Waals surface area contributed by atoms with Gasteiger partial charge < -0.3 is 16.0 Å². The van der Waals surface area contributed by atoms with Gasteiger partial charge in [0.05, 0.1) is 0 Å². The van der Waals surface area contributed by atoms with Crippen molar-refractivity contribution >= 4 is 11.6 Å². The fourth-order valence-electron chi connectivity index (χ4n) is 2.07. The van der Waals surface area contributed by atoms with Crippen molar-refractivity contribution in [2.75, 3.05) is 5.73 Å². The zero-order valence-corrected chi connectivity index (χ0v) is 10.4. The Bertz CT molecular complexity index is 572. The predicted molar refractivity (Wildman–Crippen MR) is 72.2 cm³/mol. The molecule has 4 N–H and O–H groups in total. The van der Waals surface area contributed by atoms with Crippen molar-refractivity contribution in [1.29, 1.82) is 0 Å². The summed E-state index contributed by atoms with van der Waals surface area (Å²) < 4.78 is 1.87. The minimum atomic E-state index is -0.394. The molecule has 1 aromatic carbocycles. The van der Waals surface area contributed by atoms with Crippen LogP contribution in [0, 0.1) is 6.92 Å². The molecule has 0 saturated heterocycles. The van der Waals surface area contributed by atoms with E-state index in [1.807, 2.05) is 42.0 Å². The van der Waals surface area contributed by atoms with Crippen molar-refractivity contribution in [3.8, 4) is 0 Å². The second kappa shape index (κ2) is 4.96. The molecule has 4 nitrogen and oxygen atoms in total. The molecule has 0 bridgehead atoms. The molecule has 1 amide bonds. The van der Waals surface area contributed by atoms with E-state index in [1.54, 1.807) is 6.07 Å². The average Bonchev–Trinajstić information content (AvgIpc) is 2.76. The van der Waals surface area contributed by atoms with E-state index in [4.69, 9.17) is 11.5 Å². The highest BCUT2D eigenvalue weighted by Crippen LogP contribution is 2.14. The molecule has 2 aromatic rings. The summed E-state index contributed by atoms with van der Waals surface area (Å²) in [5, 5.41) is 0. The Kier molecular flexibility index (Phi) is 3.37. The lowest BCUT2D eigenvalue weighted by Gasteiger charge is -2.09. The fourth-order valence-corrected chi connectivity index (χ4v) is 2.07. The maximum Gasteiger partial charge on any atom is 0.265 e. The first-order valence-electron chi connectivity index (χ1n) is 5.88. The third-order valence-corrected chi connectivity index (χ3v) is 3.07. The van der Waals surface area contributed by atoms with E-state index in [2.05, 4.69) is 0 Å². The number of amides is 1. The van der Waals surface area contributed by atoms with Crippen molar-refractivity contribution < 1.29 is 4.79 Å². The minimum absolute atomic E-state index is 0.394. The number of anilines is 1. The van der Waals surface area contributed by atoms with Crippen molar-refractivity contribution in [3.05, 3.63) is 53.3 Å². The average molecular weight is 243 g/mol. The summed E-state index contributed by atoms with van der Waals surface area (Å²) in [5.41, 5.74) is 14.7. The molecule has 0 aliphatic heterocycles. The second-order valence-electron chi connectivity index (χ2n) is 4.39. The van der Waals surface area contributed by atoms with Gasteiger partial charge in [-0.2, -0.15) is 0 Å². The Morgan fingerprint density at radius 2 is 2.11 bits per heavy atom. The van der Waals surface area contributed by atoms with Gasteiger partial charge >= 0.3 is 0 Å². The molecule has 0 saturated carbocycles. The highest BCUT2D eigenvalue weighted by molar-refractivity contribution is 5.91. The molecule has 0 unspecified atom stereocenters. The van der Waals surface area contributed by atoms with Gasteiger partial charge in [0.15, 0.2) is 0 Å². The Morgan fingerprint density at radius 3 is 2.78 bits per heavy atom. The third-order valence-electron chi connectivity index (χ3n) is 3.07. The summed E-state index contributed by atoms with van der Waals surface area (Å²) >= 11 is 0. The number of rotatable bonds is 4. The number of aryl methyl sites for hydroxylation is 3. The number of nitrogen functional groups attached to an aromatic ring is 1. The van der Waals surface area contributed by atoms with E-state index in [-0.39, 0.29) is 0 Å². The molecule has 0 fully saturated rings. The quantitative estimate of drug-likeness (QED) is 0.802. The third kappa shape index (κ3) is 2.53. The lowest BCUT2D eigenvalue weighted by molar-refractivity contribution is 0.0991. The lowest BCUT2D eigenvalue weighted by Crippen LogP contribution is -2.17. The van der Waals surface area contributed by atoms with E-state index in [9.17, 15) is 4.79 Å². The summed E-state index contributed by atoms with van der Waals surface area (Å²) in [6.07, 6.45) is 2.72. The van der Waals surface area contributed by atoms with Crippen LogP contribution in [-0.2, 0) is 13.0 Å². The van der Waals surface area contributed by atoms with Gasteiger partial charge in [-0.3, -0.25) is 4.79 Å². The molecule has 0 atom stereocenters. The number of benzene rings is 1. The molecule has 0 radical (unpaired) electrons. The molecule has 0 spiro atoms. The monoisotopic (exact) mass is 243 g/mol. The summed E-state index contributed by atoms with van der Waals surface area (Å²) in [5.74, 6) is -0.394. The fraction of sp³-hybridized carbons (Fsp3) is 0.214. The summed E-state index contributed by atoms with van der Waals surface area (Å²) in [4.78, 5) is 11.2. The van der Waals surface area contributed by atoms with Gasteiger partial charge in [0.25, 0.3) is 5.91 Å². The highest BCUT2D eigenvalue weighted by atomic mass is 16.1. The minimum Gasteiger partial charge on any atom is -0.399 e. The van der Waals surface area contributed by atoms with Crippen molar-refractivity contribution in [1.82, 2.24) is 4.57 Å². The number of nitrogens with zero attached hydrogens (tertiary/aromatic N) is 1.